The van der Waals surface area contributed by atoms with Gasteiger partial charge in [0.15, 0.2) is 11.6 Å². The van der Waals surface area contributed by atoms with Gasteiger partial charge in [0.1, 0.15) is 0 Å². The van der Waals surface area contributed by atoms with Crippen LogP contribution in [0.3, 0.4) is 0 Å². The van der Waals surface area contributed by atoms with Crippen molar-refractivity contribution in [2.45, 2.75) is 6.42 Å². The molecule has 1 amide bonds. The average Bonchev–Trinajstić information content (AvgIpc) is 2.48. The summed E-state index contributed by atoms with van der Waals surface area (Å²) in [6, 6.07) is 6.02. The van der Waals surface area contributed by atoms with E-state index in [4.69, 9.17) is 4.74 Å². The molecule has 122 valence electrons. The maximum Gasteiger partial charge on any atom is 0.226 e. The predicted molar refractivity (Wildman–Crippen MR) is 79.5 cm³/mol. The molecule has 1 saturated heterocycles. The molecular weight excluding hydrogens is 311 g/mol. The molecule has 0 atom stereocenters. The van der Waals surface area contributed by atoms with E-state index in [0.717, 1.165) is 6.26 Å². The number of para-hydroxylation sites is 1. The van der Waals surface area contributed by atoms with Gasteiger partial charge in [-0.05, 0) is 12.1 Å². The van der Waals surface area contributed by atoms with Gasteiger partial charge in [0.2, 0.25) is 15.9 Å². The zero-order valence-corrected chi connectivity index (χ0v) is 13.2. The minimum Gasteiger partial charge on any atom is -0.490 e. The van der Waals surface area contributed by atoms with E-state index in [1.165, 1.54) is 16.4 Å². The molecule has 1 aromatic rings. The van der Waals surface area contributed by atoms with Gasteiger partial charge in [-0.25, -0.2) is 12.8 Å². The molecule has 0 radical (unpaired) electrons. The summed E-state index contributed by atoms with van der Waals surface area (Å²) in [5, 5.41) is 0. The fraction of sp³-hybridized carbons (Fsp3) is 0.500. The molecule has 1 heterocycles. The normalized spacial score (nSPS) is 16.5. The summed E-state index contributed by atoms with van der Waals surface area (Å²) in [6.45, 7) is 1.43. The van der Waals surface area contributed by atoms with Crippen LogP contribution in [0.2, 0.25) is 0 Å². The maximum absolute atomic E-state index is 13.3. The fourth-order valence-corrected chi connectivity index (χ4v) is 3.06. The van der Waals surface area contributed by atoms with Crippen molar-refractivity contribution in [3.8, 4) is 5.75 Å². The van der Waals surface area contributed by atoms with Crippen LogP contribution in [0.5, 0.6) is 5.75 Å². The Labute approximate surface area is 129 Å². The highest BCUT2D eigenvalue weighted by Crippen LogP contribution is 2.15. The van der Waals surface area contributed by atoms with Crippen molar-refractivity contribution >= 4 is 15.9 Å². The van der Waals surface area contributed by atoms with Crippen molar-refractivity contribution in [1.82, 2.24) is 9.21 Å². The first-order valence-electron chi connectivity index (χ1n) is 6.98. The zero-order valence-electron chi connectivity index (χ0n) is 12.4. The summed E-state index contributed by atoms with van der Waals surface area (Å²) < 4.78 is 42.7. The first kappa shape index (κ1) is 16.7. The van der Waals surface area contributed by atoms with Crippen LogP contribution in [0.4, 0.5) is 4.39 Å². The fourth-order valence-electron chi connectivity index (χ4n) is 2.24. The second-order valence-electron chi connectivity index (χ2n) is 5.07. The van der Waals surface area contributed by atoms with Gasteiger partial charge < -0.3 is 9.64 Å². The van der Waals surface area contributed by atoms with Crippen LogP contribution >= 0.6 is 0 Å². The number of rotatable bonds is 5. The van der Waals surface area contributed by atoms with Gasteiger partial charge in [-0.2, -0.15) is 4.31 Å². The van der Waals surface area contributed by atoms with E-state index in [1.54, 1.807) is 17.0 Å². The van der Waals surface area contributed by atoms with Crippen molar-refractivity contribution in [3.63, 3.8) is 0 Å². The molecule has 1 aliphatic heterocycles. The zero-order chi connectivity index (χ0) is 16.2. The maximum atomic E-state index is 13.3. The van der Waals surface area contributed by atoms with Crippen LogP contribution in [0, 0.1) is 5.82 Å². The molecule has 0 saturated carbocycles. The van der Waals surface area contributed by atoms with Crippen LogP contribution in [-0.2, 0) is 14.8 Å². The first-order valence-corrected chi connectivity index (χ1v) is 8.83. The number of nitrogens with zero attached hydrogens (tertiary/aromatic N) is 2. The monoisotopic (exact) mass is 330 g/mol. The topological polar surface area (TPSA) is 66.9 Å². The van der Waals surface area contributed by atoms with Crippen LogP contribution < -0.4 is 4.74 Å². The molecule has 8 heteroatoms. The Morgan fingerprint density at radius 2 is 1.86 bits per heavy atom. The van der Waals surface area contributed by atoms with E-state index in [-0.39, 0.29) is 24.7 Å². The van der Waals surface area contributed by atoms with Gasteiger partial charge in [0.25, 0.3) is 0 Å². The molecule has 0 aromatic heterocycles. The summed E-state index contributed by atoms with van der Waals surface area (Å²) in [6.07, 6.45) is 1.29. The third-order valence-corrected chi connectivity index (χ3v) is 4.77. The minimum atomic E-state index is -3.20. The van der Waals surface area contributed by atoms with E-state index in [2.05, 4.69) is 0 Å². The molecule has 1 fully saturated rings. The van der Waals surface area contributed by atoms with E-state index >= 15 is 0 Å². The molecule has 6 nitrogen and oxygen atoms in total. The molecule has 22 heavy (non-hydrogen) atoms. The number of sulfonamides is 1. The van der Waals surface area contributed by atoms with Crippen molar-refractivity contribution in [2.75, 3.05) is 39.0 Å². The summed E-state index contributed by atoms with van der Waals surface area (Å²) in [4.78, 5) is 13.6. The molecule has 1 aromatic carbocycles. The number of benzene rings is 1. The Morgan fingerprint density at radius 1 is 1.23 bits per heavy atom. The molecule has 0 aliphatic carbocycles. The van der Waals surface area contributed by atoms with Gasteiger partial charge in [0.05, 0.1) is 19.3 Å². The third-order valence-electron chi connectivity index (χ3n) is 3.47. The number of carbonyl (C=O) groups is 1. The lowest BCUT2D eigenvalue weighted by Gasteiger charge is -2.33. The smallest absolute Gasteiger partial charge is 0.226 e. The number of hydrogen-bond donors (Lipinski definition) is 0. The lowest BCUT2D eigenvalue weighted by atomic mass is 10.3. The summed E-state index contributed by atoms with van der Waals surface area (Å²) >= 11 is 0. The van der Waals surface area contributed by atoms with Crippen LogP contribution in [0.15, 0.2) is 24.3 Å². The highest BCUT2D eigenvalue weighted by atomic mass is 32.2. The first-order chi connectivity index (χ1) is 10.4. The lowest BCUT2D eigenvalue weighted by Crippen LogP contribution is -2.50. The van der Waals surface area contributed by atoms with Crippen molar-refractivity contribution in [2.24, 2.45) is 0 Å². The van der Waals surface area contributed by atoms with E-state index in [9.17, 15) is 17.6 Å². The number of amides is 1. The summed E-state index contributed by atoms with van der Waals surface area (Å²) in [5.74, 6) is -0.460. The van der Waals surface area contributed by atoms with Gasteiger partial charge in [-0.3, -0.25) is 4.79 Å². The van der Waals surface area contributed by atoms with Crippen molar-refractivity contribution in [1.29, 1.82) is 0 Å². The SMILES string of the molecule is CS(=O)(=O)N1CCN(C(=O)CCOc2ccccc2F)CC1. The molecular formula is C14H19FN2O4S. The third kappa shape index (κ3) is 4.41. The van der Waals surface area contributed by atoms with Gasteiger partial charge >= 0.3 is 0 Å². The Bertz CT molecular complexity index is 627. The molecule has 0 unspecified atom stereocenters. The molecule has 0 N–H and O–H groups in total. The molecule has 0 spiro atoms. The second-order valence-corrected chi connectivity index (χ2v) is 7.05. The largest absolute Gasteiger partial charge is 0.490 e. The number of hydrogen-bond acceptors (Lipinski definition) is 4. The highest BCUT2D eigenvalue weighted by Gasteiger charge is 2.25. The van der Waals surface area contributed by atoms with E-state index < -0.39 is 15.8 Å². The second kappa shape index (κ2) is 7.06. The Morgan fingerprint density at radius 3 is 2.45 bits per heavy atom. The summed E-state index contributed by atoms with van der Waals surface area (Å²) in [7, 11) is -3.20. The van der Waals surface area contributed by atoms with Crippen molar-refractivity contribution in [3.05, 3.63) is 30.1 Å². The van der Waals surface area contributed by atoms with E-state index in [1.807, 2.05) is 0 Å². The summed E-state index contributed by atoms with van der Waals surface area (Å²) in [5.41, 5.74) is 0. The molecule has 0 bridgehead atoms. The number of ether oxygens (including phenoxy) is 1. The Hall–Kier alpha value is -1.67. The van der Waals surface area contributed by atoms with Crippen LogP contribution in [-0.4, -0.2) is 62.6 Å². The lowest BCUT2D eigenvalue weighted by molar-refractivity contribution is -0.132. The molecule has 2 rings (SSSR count). The Balaban J connectivity index is 1.76. The molecule has 1 aliphatic rings. The van der Waals surface area contributed by atoms with Crippen LogP contribution in [0.1, 0.15) is 6.42 Å². The van der Waals surface area contributed by atoms with E-state index in [0.29, 0.717) is 26.2 Å². The average molecular weight is 330 g/mol. The van der Waals surface area contributed by atoms with Gasteiger partial charge in [0, 0.05) is 26.2 Å². The van der Waals surface area contributed by atoms with Crippen LogP contribution in [0.25, 0.3) is 0 Å². The number of piperazine rings is 1. The van der Waals surface area contributed by atoms with Gasteiger partial charge in [-0.15, -0.1) is 0 Å². The Kier molecular flexibility index (Phi) is 5.36. The standard InChI is InChI=1S/C14H19FN2O4S/c1-22(19,20)17-9-7-16(8-10-17)14(18)6-11-21-13-5-3-2-4-12(13)15/h2-5H,6-11H2,1H3. The number of halogens is 1. The predicted octanol–water partition coefficient (Wildman–Crippen LogP) is 0.698. The quantitative estimate of drug-likeness (QED) is 0.797. The minimum absolute atomic E-state index is 0.0893. The number of carbonyl (C=O) groups excluding carboxylic acids is 1. The van der Waals surface area contributed by atoms with Crippen molar-refractivity contribution < 1.29 is 22.3 Å². The van der Waals surface area contributed by atoms with Gasteiger partial charge in [-0.1, -0.05) is 12.1 Å². The highest BCUT2D eigenvalue weighted by molar-refractivity contribution is 7.88.